The Morgan fingerprint density at radius 3 is 2.90 bits per heavy atom. The molecule has 9 heteroatoms. The lowest BCUT2D eigenvalue weighted by molar-refractivity contribution is 0.391. The molecule has 1 aromatic heterocycles. The van der Waals surface area contributed by atoms with Gasteiger partial charge in [0.25, 0.3) is 0 Å². The van der Waals surface area contributed by atoms with E-state index in [1.54, 1.807) is 7.11 Å². The predicted octanol–water partition coefficient (Wildman–Crippen LogP) is 3.75. The average Bonchev–Trinajstić information content (AvgIpc) is 3.10. The van der Waals surface area contributed by atoms with Crippen molar-refractivity contribution in [3.63, 3.8) is 0 Å². The third-order valence-corrected chi connectivity index (χ3v) is 4.97. The van der Waals surface area contributed by atoms with Gasteiger partial charge in [-0.1, -0.05) is 31.5 Å². The molecule has 2 heterocycles. The average molecular weight is 533 g/mol. The quantitative estimate of drug-likeness (QED) is 0.337. The van der Waals surface area contributed by atoms with Gasteiger partial charge in [0, 0.05) is 35.5 Å². The minimum absolute atomic E-state index is 0. The summed E-state index contributed by atoms with van der Waals surface area (Å²) in [7, 11) is 1.64. The van der Waals surface area contributed by atoms with Gasteiger partial charge < -0.3 is 15.4 Å². The van der Waals surface area contributed by atoms with Crippen molar-refractivity contribution < 1.29 is 4.74 Å². The Labute approximate surface area is 194 Å². The predicted molar refractivity (Wildman–Crippen MR) is 128 cm³/mol. The van der Waals surface area contributed by atoms with Gasteiger partial charge in [0.2, 0.25) is 0 Å². The molecular formula is C20H30ClIN6O. The fourth-order valence-corrected chi connectivity index (χ4v) is 3.38. The monoisotopic (exact) mass is 532 g/mol. The van der Waals surface area contributed by atoms with Crippen LogP contribution in [0.15, 0.2) is 23.2 Å². The van der Waals surface area contributed by atoms with Crippen LogP contribution in [0.4, 0.5) is 0 Å². The van der Waals surface area contributed by atoms with E-state index in [1.807, 2.05) is 22.9 Å². The molecule has 0 fully saturated rings. The molecule has 160 valence electrons. The van der Waals surface area contributed by atoms with Crippen LogP contribution < -0.4 is 15.4 Å². The van der Waals surface area contributed by atoms with Crippen molar-refractivity contribution in [2.24, 2.45) is 4.99 Å². The molecule has 1 atom stereocenters. The van der Waals surface area contributed by atoms with Gasteiger partial charge in [-0.2, -0.15) is 5.10 Å². The zero-order chi connectivity index (χ0) is 20.1. The van der Waals surface area contributed by atoms with Crippen molar-refractivity contribution >= 4 is 41.5 Å². The molecular weight excluding hydrogens is 503 g/mol. The minimum atomic E-state index is 0. The first-order valence-corrected chi connectivity index (χ1v) is 10.2. The summed E-state index contributed by atoms with van der Waals surface area (Å²) in [4.78, 5) is 9.39. The third kappa shape index (κ3) is 6.21. The molecule has 1 aromatic carbocycles. The smallest absolute Gasteiger partial charge is 0.191 e. The highest BCUT2D eigenvalue weighted by Gasteiger charge is 2.23. The molecule has 0 radical (unpaired) electrons. The molecule has 7 nitrogen and oxygen atoms in total. The van der Waals surface area contributed by atoms with Crippen LogP contribution in [-0.2, 0) is 19.5 Å². The molecule has 2 N–H and O–H groups in total. The van der Waals surface area contributed by atoms with Gasteiger partial charge in [-0.3, -0.25) is 0 Å². The van der Waals surface area contributed by atoms with Gasteiger partial charge in [-0.05, 0) is 25.5 Å². The van der Waals surface area contributed by atoms with E-state index in [9.17, 15) is 0 Å². The molecule has 0 saturated carbocycles. The molecule has 0 spiro atoms. The Morgan fingerprint density at radius 2 is 2.21 bits per heavy atom. The number of guanidine groups is 1. The molecule has 29 heavy (non-hydrogen) atoms. The second-order valence-electron chi connectivity index (χ2n) is 7.25. The van der Waals surface area contributed by atoms with Crippen LogP contribution >= 0.6 is 35.6 Å². The number of aryl methyl sites for hydroxylation is 1. The molecule has 1 aliphatic rings. The Bertz CT molecular complexity index is 838. The zero-order valence-electron chi connectivity index (χ0n) is 17.4. The van der Waals surface area contributed by atoms with Crippen LogP contribution in [0.3, 0.4) is 0 Å². The summed E-state index contributed by atoms with van der Waals surface area (Å²) in [6, 6.07) is 5.88. The van der Waals surface area contributed by atoms with E-state index >= 15 is 0 Å². The van der Waals surface area contributed by atoms with E-state index in [0.29, 0.717) is 17.5 Å². The molecule has 0 saturated heterocycles. The van der Waals surface area contributed by atoms with Gasteiger partial charge in [0.05, 0.1) is 20.2 Å². The van der Waals surface area contributed by atoms with Crippen molar-refractivity contribution in [2.45, 2.75) is 58.7 Å². The lowest BCUT2D eigenvalue weighted by Gasteiger charge is -2.25. The Kier molecular flexibility index (Phi) is 9.01. The lowest BCUT2D eigenvalue weighted by Crippen LogP contribution is -2.47. The summed E-state index contributed by atoms with van der Waals surface area (Å²) in [6.07, 6.45) is 1.92. The largest absolute Gasteiger partial charge is 0.496 e. The van der Waals surface area contributed by atoms with Gasteiger partial charge in [0.1, 0.15) is 11.6 Å². The Hall–Kier alpha value is -1.55. The van der Waals surface area contributed by atoms with Crippen molar-refractivity contribution in [3.05, 3.63) is 40.4 Å². The van der Waals surface area contributed by atoms with Crippen LogP contribution in [0.1, 0.15) is 50.3 Å². The number of benzene rings is 1. The zero-order valence-corrected chi connectivity index (χ0v) is 20.5. The summed E-state index contributed by atoms with van der Waals surface area (Å²) in [5.41, 5.74) is 0.993. The molecule has 1 unspecified atom stereocenters. The maximum Gasteiger partial charge on any atom is 0.191 e. The second-order valence-corrected chi connectivity index (χ2v) is 7.69. The summed E-state index contributed by atoms with van der Waals surface area (Å²) >= 11 is 6.05. The fraction of sp³-hybridized carbons (Fsp3) is 0.550. The van der Waals surface area contributed by atoms with Gasteiger partial charge >= 0.3 is 0 Å². The number of hydrogen-bond acceptors (Lipinski definition) is 4. The summed E-state index contributed by atoms with van der Waals surface area (Å²) in [6.45, 7) is 8.40. The SMILES string of the molecule is CCNC(=NCc1ccc(Cl)cc1OC)NC1CCc2nc(C(C)C)nn2C1.I. The summed E-state index contributed by atoms with van der Waals surface area (Å²) in [5, 5.41) is 12.2. The van der Waals surface area contributed by atoms with Gasteiger partial charge in [0.15, 0.2) is 11.8 Å². The molecule has 0 amide bonds. The number of aromatic nitrogens is 3. The van der Waals surface area contributed by atoms with E-state index < -0.39 is 0 Å². The van der Waals surface area contributed by atoms with Crippen molar-refractivity contribution in [3.8, 4) is 5.75 Å². The fourth-order valence-electron chi connectivity index (χ4n) is 3.22. The number of nitrogens with zero attached hydrogens (tertiary/aromatic N) is 4. The van der Waals surface area contributed by atoms with Crippen LogP contribution in [0.5, 0.6) is 5.75 Å². The number of rotatable bonds is 6. The number of ether oxygens (including phenoxy) is 1. The Balaban J connectivity index is 0.00000300. The maximum atomic E-state index is 6.05. The molecule has 2 aromatic rings. The topological polar surface area (TPSA) is 76.4 Å². The van der Waals surface area contributed by atoms with Crippen LogP contribution in [0.25, 0.3) is 0 Å². The highest BCUT2D eigenvalue weighted by Crippen LogP contribution is 2.23. The number of fused-ring (bicyclic) bond motifs is 1. The summed E-state index contributed by atoms with van der Waals surface area (Å²) < 4.78 is 7.45. The van der Waals surface area contributed by atoms with Crippen molar-refractivity contribution in [1.29, 1.82) is 0 Å². The number of nitrogens with one attached hydrogen (secondary N) is 2. The molecule has 0 bridgehead atoms. The number of hydrogen-bond donors (Lipinski definition) is 2. The Morgan fingerprint density at radius 1 is 1.41 bits per heavy atom. The van der Waals surface area contributed by atoms with E-state index in [-0.39, 0.29) is 30.0 Å². The van der Waals surface area contributed by atoms with Crippen molar-refractivity contribution in [2.75, 3.05) is 13.7 Å². The van der Waals surface area contributed by atoms with Gasteiger partial charge in [-0.25, -0.2) is 14.7 Å². The second kappa shape index (κ2) is 11.0. The normalized spacial score (nSPS) is 16.2. The number of methoxy groups -OCH3 is 1. The third-order valence-electron chi connectivity index (χ3n) is 4.73. The van der Waals surface area contributed by atoms with Crippen LogP contribution in [-0.4, -0.2) is 40.4 Å². The van der Waals surface area contributed by atoms with Gasteiger partial charge in [-0.15, -0.1) is 24.0 Å². The first-order chi connectivity index (χ1) is 13.5. The van der Waals surface area contributed by atoms with Crippen molar-refractivity contribution in [1.82, 2.24) is 25.4 Å². The van der Waals surface area contributed by atoms with E-state index in [2.05, 4.69) is 41.5 Å². The highest BCUT2D eigenvalue weighted by molar-refractivity contribution is 14.0. The van der Waals surface area contributed by atoms with Crippen LogP contribution in [0.2, 0.25) is 5.02 Å². The van der Waals surface area contributed by atoms with E-state index in [1.165, 1.54) is 0 Å². The van der Waals surface area contributed by atoms with E-state index in [4.69, 9.17) is 21.3 Å². The maximum absolute atomic E-state index is 6.05. The lowest BCUT2D eigenvalue weighted by atomic mass is 10.1. The molecule has 0 aliphatic carbocycles. The highest BCUT2D eigenvalue weighted by atomic mass is 127. The standard InChI is InChI=1S/C20H29ClN6O.HI/c1-5-22-20(23-11-14-6-7-15(21)10-17(14)28-4)24-16-8-9-18-25-19(13(2)3)26-27(18)12-16;/h6-7,10,13,16H,5,8-9,11-12H2,1-4H3,(H2,22,23,24);1H. The van der Waals surface area contributed by atoms with Crippen LogP contribution in [0, 0.1) is 0 Å². The number of aliphatic imine (C=N–C) groups is 1. The van der Waals surface area contributed by atoms with E-state index in [0.717, 1.165) is 54.9 Å². The summed E-state index contributed by atoms with van der Waals surface area (Å²) in [5.74, 6) is 3.88. The first-order valence-electron chi connectivity index (χ1n) is 9.81. The molecule has 1 aliphatic heterocycles. The number of halogens is 2. The first kappa shape index (κ1) is 23.7. The minimum Gasteiger partial charge on any atom is -0.496 e. The molecule has 3 rings (SSSR count).